The number of carbonyl (C=O) groups excluding carboxylic acids is 1. The van der Waals surface area contributed by atoms with E-state index in [9.17, 15) is 14.9 Å². The summed E-state index contributed by atoms with van der Waals surface area (Å²) in [6.45, 7) is 2.28. The van der Waals surface area contributed by atoms with Gasteiger partial charge >= 0.3 is 0 Å². The first-order valence-electron chi connectivity index (χ1n) is 9.59. The van der Waals surface area contributed by atoms with Crippen LogP contribution in [0.4, 0.5) is 28.4 Å². The van der Waals surface area contributed by atoms with Crippen molar-refractivity contribution >= 4 is 34.3 Å². The Bertz CT molecular complexity index is 850. The number of amides is 1. The fourth-order valence-electron chi connectivity index (χ4n) is 3.25. The number of hydrogen-bond acceptors (Lipinski definition) is 7. The van der Waals surface area contributed by atoms with Crippen molar-refractivity contribution in [2.75, 3.05) is 53.6 Å². The number of benzene rings is 2. The zero-order valence-electron chi connectivity index (χ0n) is 16.1. The Morgan fingerprint density at radius 3 is 2.45 bits per heavy atom. The molecule has 0 unspecified atom stereocenters. The highest BCUT2D eigenvalue weighted by atomic mass is 16.6. The van der Waals surface area contributed by atoms with E-state index in [4.69, 9.17) is 5.11 Å². The molecule has 3 rings (SSSR count). The average Bonchev–Trinajstić information content (AvgIpc) is 3.26. The number of nitro benzene ring substituents is 1. The minimum Gasteiger partial charge on any atom is -0.395 e. The molecule has 1 saturated heterocycles. The number of non-ortho nitro benzene ring substituents is 1. The number of nitrogens with zero attached hydrogens (tertiary/aromatic N) is 2. The van der Waals surface area contributed by atoms with Gasteiger partial charge in [-0.3, -0.25) is 14.9 Å². The third kappa shape index (κ3) is 5.58. The Morgan fingerprint density at radius 1 is 1.07 bits per heavy atom. The Balaban J connectivity index is 1.59. The third-order valence-corrected chi connectivity index (χ3v) is 4.70. The molecular formula is C20H25N5O4. The highest BCUT2D eigenvalue weighted by Crippen LogP contribution is 2.27. The summed E-state index contributed by atoms with van der Waals surface area (Å²) >= 11 is 0. The first-order chi connectivity index (χ1) is 14.1. The summed E-state index contributed by atoms with van der Waals surface area (Å²) in [5.41, 5.74) is 2.76. The number of rotatable bonds is 9. The quantitative estimate of drug-likeness (QED) is 0.378. The van der Waals surface area contributed by atoms with Crippen LogP contribution < -0.4 is 20.9 Å². The Labute approximate surface area is 168 Å². The molecule has 9 heteroatoms. The van der Waals surface area contributed by atoms with Gasteiger partial charge in [0, 0.05) is 43.1 Å². The summed E-state index contributed by atoms with van der Waals surface area (Å²) in [6.07, 6.45) is 2.41. The van der Waals surface area contributed by atoms with Crippen LogP contribution >= 0.6 is 0 Å². The molecule has 2 aromatic carbocycles. The molecule has 4 N–H and O–H groups in total. The summed E-state index contributed by atoms with van der Waals surface area (Å²) in [7, 11) is 0. The maximum absolute atomic E-state index is 12.3. The van der Waals surface area contributed by atoms with Gasteiger partial charge in [0.25, 0.3) is 5.69 Å². The van der Waals surface area contributed by atoms with Gasteiger partial charge in [0.1, 0.15) is 0 Å². The molecule has 1 heterocycles. The van der Waals surface area contributed by atoms with Crippen molar-refractivity contribution in [3.05, 3.63) is 52.6 Å². The molecule has 1 fully saturated rings. The summed E-state index contributed by atoms with van der Waals surface area (Å²) in [6, 6.07) is 12.0. The lowest BCUT2D eigenvalue weighted by Gasteiger charge is -2.18. The monoisotopic (exact) mass is 399 g/mol. The minimum atomic E-state index is -0.497. The van der Waals surface area contributed by atoms with Crippen molar-refractivity contribution in [1.82, 2.24) is 0 Å². The summed E-state index contributed by atoms with van der Waals surface area (Å²) in [4.78, 5) is 25.1. The Morgan fingerprint density at radius 2 is 1.79 bits per heavy atom. The van der Waals surface area contributed by atoms with E-state index in [2.05, 4.69) is 20.9 Å². The zero-order chi connectivity index (χ0) is 20.6. The molecule has 1 aliphatic heterocycles. The van der Waals surface area contributed by atoms with Crippen molar-refractivity contribution in [1.29, 1.82) is 0 Å². The van der Waals surface area contributed by atoms with Crippen molar-refractivity contribution in [2.24, 2.45) is 0 Å². The summed E-state index contributed by atoms with van der Waals surface area (Å²) in [5.74, 6) is -0.265. The van der Waals surface area contributed by atoms with Crippen LogP contribution in [0.25, 0.3) is 0 Å². The molecular weight excluding hydrogens is 374 g/mol. The van der Waals surface area contributed by atoms with E-state index in [1.807, 2.05) is 24.3 Å². The molecule has 0 bridgehead atoms. The van der Waals surface area contributed by atoms with E-state index in [1.165, 1.54) is 25.0 Å². The van der Waals surface area contributed by atoms with Gasteiger partial charge in [-0.05, 0) is 43.2 Å². The van der Waals surface area contributed by atoms with Gasteiger partial charge in [-0.1, -0.05) is 0 Å². The first-order valence-corrected chi connectivity index (χ1v) is 9.59. The fourth-order valence-corrected chi connectivity index (χ4v) is 3.25. The van der Waals surface area contributed by atoms with Crippen LogP contribution in [0.5, 0.6) is 0 Å². The summed E-state index contributed by atoms with van der Waals surface area (Å²) in [5, 5.41) is 28.7. The molecule has 0 atom stereocenters. The minimum absolute atomic E-state index is 0.0527. The fraction of sp³-hybridized carbons (Fsp3) is 0.350. The zero-order valence-corrected chi connectivity index (χ0v) is 16.1. The van der Waals surface area contributed by atoms with Crippen molar-refractivity contribution in [3.8, 4) is 0 Å². The van der Waals surface area contributed by atoms with Gasteiger partial charge in [-0.2, -0.15) is 0 Å². The van der Waals surface area contributed by atoms with Crippen LogP contribution in [0.3, 0.4) is 0 Å². The lowest BCUT2D eigenvalue weighted by molar-refractivity contribution is -0.384. The highest BCUT2D eigenvalue weighted by molar-refractivity contribution is 5.94. The van der Waals surface area contributed by atoms with Crippen LogP contribution in [-0.4, -0.2) is 48.7 Å². The van der Waals surface area contributed by atoms with Crippen LogP contribution in [0, 0.1) is 10.1 Å². The number of carbonyl (C=O) groups is 1. The van der Waals surface area contributed by atoms with Gasteiger partial charge in [0.15, 0.2) is 0 Å². The molecule has 0 aliphatic carbocycles. The average molecular weight is 399 g/mol. The number of aliphatic hydroxyl groups excluding tert-OH is 1. The second-order valence-electron chi connectivity index (χ2n) is 6.78. The number of aliphatic hydroxyl groups is 1. The molecule has 0 spiro atoms. The predicted molar refractivity (Wildman–Crippen MR) is 114 cm³/mol. The summed E-state index contributed by atoms with van der Waals surface area (Å²) < 4.78 is 0. The van der Waals surface area contributed by atoms with Crippen molar-refractivity contribution < 1.29 is 14.8 Å². The van der Waals surface area contributed by atoms with Crippen LogP contribution in [0.2, 0.25) is 0 Å². The van der Waals surface area contributed by atoms with Gasteiger partial charge in [0.2, 0.25) is 5.91 Å². The maximum atomic E-state index is 12.3. The number of anilines is 4. The van der Waals surface area contributed by atoms with Crippen molar-refractivity contribution in [2.45, 2.75) is 12.8 Å². The predicted octanol–water partition coefficient (Wildman–Crippen LogP) is 2.65. The van der Waals surface area contributed by atoms with E-state index in [-0.39, 0.29) is 24.7 Å². The van der Waals surface area contributed by atoms with Crippen molar-refractivity contribution in [3.63, 3.8) is 0 Å². The van der Waals surface area contributed by atoms with E-state index >= 15 is 0 Å². The molecule has 1 amide bonds. The molecule has 1 aliphatic rings. The SMILES string of the molecule is O=C(CNc1cc([N+](=O)[O-])ccc1NCCO)Nc1ccc(N2CCCC2)cc1. The first kappa shape index (κ1) is 20.4. The van der Waals surface area contributed by atoms with E-state index < -0.39 is 4.92 Å². The molecule has 0 radical (unpaired) electrons. The molecule has 29 heavy (non-hydrogen) atoms. The molecule has 0 saturated carbocycles. The van der Waals surface area contributed by atoms with E-state index in [0.717, 1.165) is 18.8 Å². The molecule has 0 aromatic heterocycles. The number of nitro groups is 1. The van der Waals surface area contributed by atoms with E-state index in [1.54, 1.807) is 6.07 Å². The highest BCUT2D eigenvalue weighted by Gasteiger charge is 2.13. The van der Waals surface area contributed by atoms with Gasteiger partial charge < -0.3 is 26.0 Å². The Kier molecular flexibility index (Phi) is 6.85. The normalized spacial score (nSPS) is 13.2. The van der Waals surface area contributed by atoms with Crippen LogP contribution in [0.15, 0.2) is 42.5 Å². The molecule has 9 nitrogen and oxygen atoms in total. The molecule has 154 valence electrons. The van der Waals surface area contributed by atoms with Crippen LogP contribution in [-0.2, 0) is 4.79 Å². The lowest BCUT2D eigenvalue weighted by Crippen LogP contribution is -2.22. The molecule has 2 aromatic rings. The number of nitrogens with one attached hydrogen (secondary N) is 3. The standard InChI is InChI=1S/C20H25N5O4/c26-12-9-21-18-8-7-17(25(28)29)13-19(18)22-14-20(27)23-15-3-5-16(6-4-15)24-10-1-2-11-24/h3-8,13,21-22,26H,1-2,9-12,14H2,(H,23,27). The Hall–Kier alpha value is -3.33. The van der Waals surface area contributed by atoms with E-state index in [0.29, 0.717) is 23.6 Å². The number of hydrogen-bond donors (Lipinski definition) is 4. The van der Waals surface area contributed by atoms with Gasteiger partial charge in [0.05, 0.1) is 29.4 Å². The second-order valence-corrected chi connectivity index (χ2v) is 6.78. The second kappa shape index (κ2) is 9.74. The van der Waals surface area contributed by atoms with Gasteiger partial charge in [-0.15, -0.1) is 0 Å². The lowest BCUT2D eigenvalue weighted by atomic mass is 10.2. The topological polar surface area (TPSA) is 120 Å². The van der Waals surface area contributed by atoms with Gasteiger partial charge in [-0.25, -0.2) is 0 Å². The maximum Gasteiger partial charge on any atom is 0.271 e. The third-order valence-electron chi connectivity index (χ3n) is 4.70. The largest absolute Gasteiger partial charge is 0.395 e. The smallest absolute Gasteiger partial charge is 0.271 e. The van der Waals surface area contributed by atoms with Crippen LogP contribution in [0.1, 0.15) is 12.8 Å².